The van der Waals surface area contributed by atoms with Gasteiger partial charge in [-0.3, -0.25) is 0 Å². The van der Waals surface area contributed by atoms with E-state index in [0.717, 1.165) is 12.4 Å². The van der Waals surface area contributed by atoms with Crippen LogP contribution in [-0.2, 0) is 6.54 Å². The largest absolute Gasteiger partial charge is 0.334 e. The van der Waals surface area contributed by atoms with E-state index in [-0.39, 0.29) is 11.6 Å². The van der Waals surface area contributed by atoms with E-state index >= 15 is 0 Å². The molecule has 1 heterocycles. The first-order chi connectivity index (χ1) is 7.45. The van der Waals surface area contributed by atoms with E-state index < -0.39 is 0 Å². The molecule has 0 fully saturated rings. The zero-order valence-corrected chi connectivity index (χ0v) is 11.3. The number of imidazole rings is 1. The van der Waals surface area contributed by atoms with E-state index in [1.807, 2.05) is 19.4 Å². The molecule has 0 aliphatic rings. The van der Waals surface area contributed by atoms with Crippen molar-refractivity contribution in [1.82, 2.24) is 19.8 Å². The second-order valence-electron chi connectivity index (χ2n) is 4.84. The molecule has 0 aliphatic heterocycles. The average molecular weight is 224 g/mol. The van der Waals surface area contributed by atoms with Crippen molar-refractivity contribution in [3.63, 3.8) is 0 Å². The molecule has 0 aliphatic carbocycles. The third kappa shape index (κ3) is 2.28. The molecule has 1 aromatic rings. The fourth-order valence-electron chi connectivity index (χ4n) is 1.90. The lowest BCUT2D eigenvalue weighted by atomic mass is 9.92. The van der Waals surface area contributed by atoms with Gasteiger partial charge in [0.25, 0.3) is 0 Å². The fourth-order valence-corrected chi connectivity index (χ4v) is 1.90. The summed E-state index contributed by atoms with van der Waals surface area (Å²) < 4.78 is 2.19. The summed E-state index contributed by atoms with van der Waals surface area (Å²) in [6.45, 7) is 7.54. The van der Waals surface area contributed by atoms with Gasteiger partial charge in [0.05, 0.1) is 6.04 Å². The monoisotopic (exact) mass is 224 g/mol. The highest BCUT2D eigenvalue weighted by molar-refractivity contribution is 5.07. The molecule has 1 unspecified atom stereocenters. The minimum absolute atomic E-state index is 0.0209. The van der Waals surface area contributed by atoms with E-state index in [0.29, 0.717) is 0 Å². The molecule has 0 saturated carbocycles. The van der Waals surface area contributed by atoms with Gasteiger partial charge in [-0.2, -0.15) is 0 Å². The Morgan fingerprint density at radius 1 is 1.50 bits per heavy atom. The summed E-state index contributed by atoms with van der Waals surface area (Å²) in [6.07, 6.45) is 3.90. The lowest BCUT2D eigenvalue weighted by Gasteiger charge is -2.39. The van der Waals surface area contributed by atoms with Gasteiger partial charge in [-0.05, 0) is 41.9 Å². The van der Waals surface area contributed by atoms with Crippen LogP contribution in [-0.4, -0.2) is 41.1 Å². The molecule has 4 heteroatoms. The Morgan fingerprint density at radius 3 is 2.56 bits per heavy atom. The summed E-state index contributed by atoms with van der Waals surface area (Å²) >= 11 is 0. The Balaban J connectivity index is 3.07. The molecule has 0 aromatic carbocycles. The first-order valence-corrected chi connectivity index (χ1v) is 5.80. The van der Waals surface area contributed by atoms with Gasteiger partial charge in [-0.15, -0.1) is 0 Å². The third-order valence-corrected chi connectivity index (χ3v) is 3.49. The lowest BCUT2D eigenvalue weighted by Crippen LogP contribution is -2.49. The topological polar surface area (TPSA) is 33.1 Å². The van der Waals surface area contributed by atoms with Crippen molar-refractivity contribution in [1.29, 1.82) is 0 Å². The number of likely N-dealkylation sites (N-methyl/N-ethyl adjacent to an activating group) is 2. The second-order valence-corrected chi connectivity index (χ2v) is 4.84. The van der Waals surface area contributed by atoms with Crippen molar-refractivity contribution in [3.8, 4) is 0 Å². The van der Waals surface area contributed by atoms with Gasteiger partial charge in [-0.1, -0.05) is 0 Å². The van der Waals surface area contributed by atoms with Gasteiger partial charge in [0.1, 0.15) is 5.82 Å². The molecule has 0 amide bonds. The van der Waals surface area contributed by atoms with Crippen LogP contribution in [0.3, 0.4) is 0 Å². The number of hydrogen-bond acceptors (Lipinski definition) is 3. The summed E-state index contributed by atoms with van der Waals surface area (Å²) in [7, 11) is 6.19. The second kappa shape index (κ2) is 4.97. The Hall–Kier alpha value is -0.870. The fraction of sp³-hybridized carbons (Fsp3) is 0.750. The standard InChI is InChI=1S/C12H24N4/c1-7-16-9-8-14-11(16)10(13-4)12(2,3)15(5)6/h8-10,13H,7H2,1-6H3. The maximum atomic E-state index is 4.48. The van der Waals surface area contributed by atoms with E-state index in [9.17, 15) is 0 Å². The Kier molecular flexibility index (Phi) is 4.10. The Morgan fingerprint density at radius 2 is 2.12 bits per heavy atom. The van der Waals surface area contributed by atoms with Crippen molar-refractivity contribution in [2.24, 2.45) is 0 Å². The Bertz CT molecular complexity index is 328. The SMILES string of the molecule is CCn1ccnc1C(NC)C(C)(C)N(C)C. The van der Waals surface area contributed by atoms with E-state index in [2.05, 4.69) is 54.6 Å². The van der Waals surface area contributed by atoms with Gasteiger partial charge in [0.15, 0.2) is 0 Å². The van der Waals surface area contributed by atoms with Crippen molar-refractivity contribution in [2.45, 2.75) is 38.9 Å². The molecule has 0 bridgehead atoms. The van der Waals surface area contributed by atoms with E-state index in [1.165, 1.54) is 0 Å². The highest BCUT2D eigenvalue weighted by atomic mass is 15.2. The van der Waals surface area contributed by atoms with Crippen LogP contribution >= 0.6 is 0 Å². The molecule has 16 heavy (non-hydrogen) atoms. The normalized spacial score (nSPS) is 14.4. The molecule has 1 aromatic heterocycles. The number of nitrogens with one attached hydrogen (secondary N) is 1. The smallest absolute Gasteiger partial charge is 0.127 e. The summed E-state index contributed by atoms with van der Waals surface area (Å²) in [4.78, 5) is 6.71. The van der Waals surface area contributed by atoms with Crippen molar-refractivity contribution >= 4 is 0 Å². The highest BCUT2D eigenvalue weighted by Crippen LogP contribution is 2.28. The molecule has 1 rings (SSSR count). The van der Waals surface area contributed by atoms with Crippen LogP contribution in [0.5, 0.6) is 0 Å². The van der Waals surface area contributed by atoms with Crippen molar-refractivity contribution < 1.29 is 0 Å². The quantitative estimate of drug-likeness (QED) is 0.823. The van der Waals surface area contributed by atoms with Crippen LogP contribution in [0.1, 0.15) is 32.6 Å². The van der Waals surface area contributed by atoms with E-state index in [1.54, 1.807) is 0 Å². The average Bonchev–Trinajstić information content (AvgIpc) is 2.66. The molecule has 1 atom stereocenters. The molecule has 0 saturated heterocycles. The zero-order chi connectivity index (χ0) is 12.3. The highest BCUT2D eigenvalue weighted by Gasteiger charge is 2.34. The lowest BCUT2D eigenvalue weighted by molar-refractivity contribution is 0.136. The molecule has 1 N–H and O–H groups in total. The summed E-state index contributed by atoms with van der Waals surface area (Å²) in [6, 6.07) is 0.220. The van der Waals surface area contributed by atoms with Crippen LogP contribution in [0.25, 0.3) is 0 Å². The van der Waals surface area contributed by atoms with Crippen LogP contribution < -0.4 is 5.32 Å². The number of rotatable bonds is 5. The minimum Gasteiger partial charge on any atom is -0.334 e. The van der Waals surface area contributed by atoms with Crippen LogP contribution in [0.4, 0.5) is 0 Å². The number of hydrogen-bond donors (Lipinski definition) is 1. The minimum atomic E-state index is 0.0209. The first-order valence-electron chi connectivity index (χ1n) is 5.80. The van der Waals surface area contributed by atoms with Crippen LogP contribution in [0.15, 0.2) is 12.4 Å². The molecule has 92 valence electrons. The number of aromatic nitrogens is 2. The predicted molar refractivity (Wildman–Crippen MR) is 67.5 cm³/mol. The third-order valence-electron chi connectivity index (χ3n) is 3.49. The van der Waals surface area contributed by atoms with Gasteiger partial charge in [0.2, 0.25) is 0 Å². The van der Waals surface area contributed by atoms with Crippen LogP contribution in [0.2, 0.25) is 0 Å². The maximum Gasteiger partial charge on any atom is 0.127 e. The molecular weight excluding hydrogens is 200 g/mol. The number of aryl methyl sites for hydroxylation is 1. The number of nitrogens with zero attached hydrogens (tertiary/aromatic N) is 3. The predicted octanol–water partition coefficient (Wildman–Crippen LogP) is 1.50. The molecule has 4 nitrogen and oxygen atoms in total. The first kappa shape index (κ1) is 13.2. The van der Waals surface area contributed by atoms with E-state index in [4.69, 9.17) is 0 Å². The maximum absolute atomic E-state index is 4.48. The zero-order valence-electron chi connectivity index (χ0n) is 11.3. The summed E-state index contributed by atoms with van der Waals surface area (Å²) in [5.74, 6) is 1.10. The molecule has 0 spiro atoms. The summed E-state index contributed by atoms with van der Waals surface area (Å²) in [5, 5.41) is 3.38. The van der Waals surface area contributed by atoms with Gasteiger partial charge in [0, 0.05) is 24.5 Å². The molecule has 0 radical (unpaired) electrons. The summed E-state index contributed by atoms with van der Waals surface area (Å²) in [5.41, 5.74) is 0.0209. The van der Waals surface area contributed by atoms with Gasteiger partial charge in [-0.25, -0.2) is 4.98 Å². The molecular formula is C12H24N4. The van der Waals surface area contributed by atoms with Gasteiger partial charge >= 0.3 is 0 Å². The Labute approximate surface area is 98.7 Å². The van der Waals surface area contributed by atoms with Crippen molar-refractivity contribution in [3.05, 3.63) is 18.2 Å². The van der Waals surface area contributed by atoms with Gasteiger partial charge < -0.3 is 14.8 Å². The van der Waals surface area contributed by atoms with Crippen LogP contribution in [0, 0.1) is 0 Å². The van der Waals surface area contributed by atoms with Crippen molar-refractivity contribution in [2.75, 3.05) is 21.1 Å².